The van der Waals surface area contributed by atoms with Gasteiger partial charge >= 0.3 is 12.1 Å². The number of ether oxygens (including phenoxy) is 1. The van der Waals surface area contributed by atoms with E-state index < -0.39 is 12.1 Å². The van der Waals surface area contributed by atoms with Crippen molar-refractivity contribution in [3.05, 3.63) is 59.7 Å². The molecule has 0 bridgehead atoms. The Labute approximate surface area is 206 Å². The van der Waals surface area contributed by atoms with Gasteiger partial charge in [-0.3, -0.25) is 9.59 Å². The number of hydrogen-bond acceptors (Lipinski definition) is 4. The van der Waals surface area contributed by atoms with E-state index >= 15 is 0 Å². The molecule has 35 heavy (non-hydrogen) atoms. The Kier molecular flexibility index (Phi) is 7.73. The second-order valence-electron chi connectivity index (χ2n) is 10.0. The minimum Gasteiger partial charge on any atom is -0.480 e. The van der Waals surface area contributed by atoms with Gasteiger partial charge in [-0.15, -0.1) is 0 Å². The summed E-state index contributed by atoms with van der Waals surface area (Å²) in [5.41, 5.74) is 4.68. The van der Waals surface area contributed by atoms with Gasteiger partial charge in [0, 0.05) is 24.4 Å². The zero-order valence-corrected chi connectivity index (χ0v) is 20.4. The highest BCUT2D eigenvalue weighted by Crippen LogP contribution is 2.44. The normalized spacial score (nSPS) is 19.1. The quantitative estimate of drug-likeness (QED) is 0.576. The third kappa shape index (κ3) is 5.84. The van der Waals surface area contributed by atoms with Crippen LogP contribution in [0.25, 0.3) is 11.1 Å². The Morgan fingerprint density at radius 1 is 1.03 bits per heavy atom. The molecule has 2 aliphatic rings. The largest absolute Gasteiger partial charge is 0.480 e. The van der Waals surface area contributed by atoms with Gasteiger partial charge in [-0.2, -0.15) is 0 Å². The molecule has 186 valence electrons. The predicted octanol–water partition coefficient (Wildman–Crippen LogP) is 4.65. The van der Waals surface area contributed by atoms with Crippen molar-refractivity contribution in [1.82, 2.24) is 10.2 Å². The predicted molar refractivity (Wildman–Crippen MR) is 133 cm³/mol. The smallest absolute Gasteiger partial charge is 0.407 e. The minimum atomic E-state index is -1.01. The van der Waals surface area contributed by atoms with Gasteiger partial charge in [0.2, 0.25) is 5.91 Å². The maximum atomic E-state index is 13.1. The molecule has 0 radical (unpaired) electrons. The molecule has 2 aromatic carbocycles. The zero-order valence-electron chi connectivity index (χ0n) is 20.4. The molecule has 2 N–H and O–H groups in total. The molecule has 7 heteroatoms. The van der Waals surface area contributed by atoms with Crippen LogP contribution in [0.3, 0.4) is 0 Å². The van der Waals surface area contributed by atoms with Crippen LogP contribution in [0.15, 0.2) is 48.5 Å². The molecule has 2 atom stereocenters. The van der Waals surface area contributed by atoms with Gasteiger partial charge in [-0.1, -0.05) is 68.8 Å². The highest BCUT2D eigenvalue weighted by molar-refractivity contribution is 5.83. The van der Waals surface area contributed by atoms with Crippen LogP contribution in [0.2, 0.25) is 0 Å². The van der Waals surface area contributed by atoms with Gasteiger partial charge in [-0.25, -0.2) is 4.79 Å². The maximum Gasteiger partial charge on any atom is 0.407 e. The lowest BCUT2D eigenvalue weighted by atomic mass is 9.84. The van der Waals surface area contributed by atoms with Crippen LogP contribution in [0, 0.1) is 11.8 Å². The van der Waals surface area contributed by atoms with Crippen molar-refractivity contribution in [2.24, 2.45) is 11.8 Å². The molecular formula is C28H34N2O5. The number of carbonyl (C=O) groups excluding carboxylic acids is 2. The fraction of sp³-hybridized carbons (Fsp3) is 0.464. The molecule has 2 aromatic rings. The first-order valence-electron chi connectivity index (χ1n) is 12.5. The third-order valence-corrected chi connectivity index (χ3v) is 6.91. The molecule has 2 amide bonds. The number of amides is 2. The molecule has 4 rings (SSSR count). The van der Waals surface area contributed by atoms with Crippen LogP contribution in [0.4, 0.5) is 4.79 Å². The van der Waals surface area contributed by atoms with Gasteiger partial charge in [-0.05, 0) is 47.4 Å². The van der Waals surface area contributed by atoms with Crippen molar-refractivity contribution in [2.75, 3.05) is 19.7 Å². The van der Waals surface area contributed by atoms with Crippen LogP contribution in [0.5, 0.6) is 0 Å². The van der Waals surface area contributed by atoms with E-state index in [0.717, 1.165) is 24.0 Å². The number of alkyl carbamates (subject to hydrolysis) is 1. The minimum absolute atomic E-state index is 0.00515. The Balaban J connectivity index is 1.34. The Morgan fingerprint density at radius 3 is 2.26 bits per heavy atom. The first-order valence-corrected chi connectivity index (χ1v) is 12.5. The summed E-state index contributed by atoms with van der Waals surface area (Å²) < 4.78 is 5.67. The second kappa shape index (κ2) is 10.9. The zero-order chi connectivity index (χ0) is 24.9. The van der Waals surface area contributed by atoms with Crippen molar-refractivity contribution in [2.45, 2.75) is 51.5 Å². The number of nitrogens with zero attached hydrogens (tertiary/aromatic N) is 1. The number of carboxylic acid groups (broad SMARTS) is 1. The fourth-order valence-electron chi connectivity index (χ4n) is 5.45. The number of hydrogen-bond donors (Lipinski definition) is 2. The van der Waals surface area contributed by atoms with Crippen LogP contribution in [0.1, 0.15) is 56.6 Å². The molecule has 2 aliphatic carbocycles. The van der Waals surface area contributed by atoms with Crippen molar-refractivity contribution in [1.29, 1.82) is 0 Å². The molecule has 0 heterocycles. The molecule has 0 aromatic heterocycles. The first-order chi connectivity index (χ1) is 16.8. The number of carboxylic acids is 1. The Hall–Kier alpha value is -3.35. The van der Waals surface area contributed by atoms with Gasteiger partial charge in [0.05, 0.1) is 0 Å². The van der Waals surface area contributed by atoms with E-state index in [1.807, 2.05) is 38.1 Å². The van der Waals surface area contributed by atoms with Crippen LogP contribution < -0.4 is 5.32 Å². The topological polar surface area (TPSA) is 95.9 Å². The first kappa shape index (κ1) is 24.8. The second-order valence-corrected chi connectivity index (χ2v) is 10.0. The Bertz CT molecular complexity index is 1040. The average Bonchev–Trinajstić information content (AvgIpc) is 3.15. The fourth-order valence-corrected chi connectivity index (χ4v) is 5.45. The monoisotopic (exact) mass is 478 g/mol. The summed E-state index contributed by atoms with van der Waals surface area (Å²) >= 11 is 0. The van der Waals surface area contributed by atoms with Crippen LogP contribution in [-0.4, -0.2) is 53.7 Å². The van der Waals surface area contributed by atoms with Crippen molar-refractivity contribution in [3.8, 4) is 11.1 Å². The maximum absolute atomic E-state index is 13.1. The van der Waals surface area contributed by atoms with E-state index in [9.17, 15) is 19.5 Å². The third-order valence-electron chi connectivity index (χ3n) is 6.91. The summed E-state index contributed by atoms with van der Waals surface area (Å²) in [6, 6.07) is 16.2. The van der Waals surface area contributed by atoms with Gasteiger partial charge in [0.15, 0.2) is 0 Å². The molecule has 1 saturated carbocycles. The van der Waals surface area contributed by atoms with Crippen molar-refractivity contribution in [3.63, 3.8) is 0 Å². The molecule has 0 spiro atoms. The molecule has 1 fully saturated rings. The van der Waals surface area contributed by atoms with E-state index in [4.69, 9.17) is 4.74 Å². The lowest BCUT2D eigenvalue weighted by Crippen LogP contribution is -2.46. The summed E-state index contributed by atoms with van der Waals surface area (Å²) in [7, 11) is 0. The average molecular weight is 479 g/mol. The molecular weight excluding hydrogens is 444 g/mol. The highest BCUT2D eigenvalue weighted by Gasteiger charge is 2.33. The standard InChI is InChI=1S/C28H34N2O5/c1-18(2)15-30(16-26(31)32)27(33)19-8-7-9-20(14-19)29-28(34)35-17-25-23-12-5-3-10-21(23)22-11-4-6-13-24(22)25/h3-6,10-13,18-20,25H,7-9,14-17H2,1-2H3,(H,29,34)(H,31,32)/t19-,20+/m1/s1. The summed E-state index contributed by atoms with van der Waals surface area (Å²) in [6.45, 7) is 4.29. The van der Waals surface area contributed by atoms with E-state index in [1.54, 1.807) is 0 Å². The summed E-state index contributed by atoms with van der Waals surface area (Å²) in [5, 5.41) is 12.2. The molecule has 0 saturated heterocycles. The van der Waals surface area contributed by atoms with E-state index in [1.165, 1.54) is 16.0 Å². The molecule has 0 unspecified atom stereocenters. The van der Waals surface area contributed by atoms with Crippen molar-refractivity contribution < 1.29 is 24.2 Å². The van der Waals surface area contributed by atoms with Crippen molar-refractivity contribution >= 4 is 18.0 Å². The summed E-state index contributed by atoms with van der Waals surface area (Å²) in [6.07, 6.45) is 2.30. The number of nitrogens with one attached hydrogen (secondary N) is 1. The highest BCUT2D eigenvalue weighted by atomic mass is 16.5. The lowest BCUT2D eigenvalue weighted by Gasteiger charge is -2.33. The number of fused-ring (bicyclic) bond motifs is 3. The van der Waals surface area contributed by atoms with E-state index in [-0.39, 0.29) is 42.9 Å². The van der Waals surface area contributed by atoms with Crippen LogP contribution >= 0.6 is 0 Å². The number of rotatable bonds is 8. The molecule has 0 aliphatic heterocycles. The molecule has 7 nitrogen and oxygen atoms in total. The van der Waals surface area contributed by atoms with Crippen LogP contribution in [-0.2, 0) is 14.3 Å². The lowest BCUT2D eigenvalue weighted by molar-refractivity contribution is -0.147. The number of carbonyl (C=O) groups is 3. The van der Waals surface area contributed by atoms with Gasteiger partial charge in [0.25, 0.3) is 0 Å². The number of benzene rings is 2. The summed E-state index contributed by atoms with van der Waals surface area (Å²) in [5.74, 6) is -1.27. The summed E-state index contributed by atoms with van der Waals surface area (Å²) in [4.78, 5) is 38.4. The van der Waals surface area contributed by atoms with E-state index in [0.29, 0.717) is 19.4 Å². The SMILES string of the molecule is CC(C)CN(CC(=O)O)C(=O)[C@@H]1CCC[C@H](NC(=O)OCC2c3ccccc3-c3ccccc32)C1. The van der Waals surface area contributed by atoms with Gasteiger partial charge in [0.1, 0.15) is 13.2 Å². The number of aliphatic carboxylic acids is 1. The van der Waals surface area contributed by atoms with Gasteiger partial charge < -0.3 is 20.1 Å². The van der Waals surface area contributed by atoms with E-state index in [2.05, 4.69) is 29.6 Å². The Morgan fingerprint density at radius 2 is 1.66 bits per heavy atom.